The summed E-state index contributed by atoms with van der Waals surface area (Å²) >= 11 is 6.01. The highest BCUT2D eigenvalue weighted by Crippen LogP contribution is 2.27. The van der Waals surface area contributed by atoms with Crippen LogP contribution in [0.4, 0.5) is 5.82 Å². The fourth-order valence-corrected chi connectivity index (χ4v) is 2.42. The zero-order valence-electron chi connectivity index (χ0n) is 10.1. The van der Waals surface area contributed by atoms with Gasteiger partial charge >= 0.3 is 6.01 Å². The first kappa shape index (κ1) is 12.4. The molecule has 0 radical (unpaired) electrons. The first-order valence-electron chi connectivity index (χ1n) is 6.10. The second-order valence-corrected chi connectivity index (χ2v) is 4.83. The predicted octanol–water partition coefficient (Wildman–Crippen LogP) is 3.13. The van der Waals surface area contributed by atoms with E-state index in [4.69, 9.17) is 16.3 Å². The number of aromatic nitrogens is 2. The minimum atomic E-state index is 0.345. The van der Waals surface area contributed by atoms with Crippen LogP contribution < -0.4 is 10.1 Å². The van der Waals surface area contributed by atoms with Crippen LogP contribution in [0, 0.1) is 5.92 Å². The second kappa shape index (κ2) is 6.05. The highest BCUT2D eigenvalue weighted by molar-refractivity contribution is 6.32. The van der Waals surface area contributed by atoms with Crippen molar-refractivity contribution in [3.8, 4) is 6.01 Å². The molecule has 1 fully saturated rings. The molecule has 0 spiro atoms. The summed E-state index contributed by atoms with van der Waals surface area (Å²) in [5, 5.41) is 3.79. The van der Waals surface area contributed by atoms with E-state index in [9.17, 15) is 0 Å². The molecule has 1 aromatic heterocycles. The van der Waals surface area contributed by atoms with Gasteiger partial charge in [0.1, 0.15) is 5.02 Å². The van der Waals surface area contributed by atoms with Gasteiger partial charge in [-0.3, -0.25) is 0 Å². The molecule has 0 bridgehead atoms. The van der Waals surface area contributed by atoms with Gasteiger partial charge in [-0.25, -0.2) is 4.98 Å². The molecule has 4 nitrogen and oxygen atoms in total. The molecule has 0 aliphatic heterocycles. The lowest BCUT2D eigenvalue weighted by molar-refractivity contribution is 0.380. The van der Waals surface area contributed by atoms with Gasteiger partial charge in [0.25, 0.3) is 0 Å². The monoisotopic (exact) mass is 255 g/mol. The summed E-state index contributed by atoms with van der Waals surface area (Å²) in [5.74, 6) is 1.53. The lowest BCUT2D eigenvalue weighted by Gasteiger charge is -2.11. The van der Waals surface area contributed by atoms with E-state index in [0.717, 1.165) is 12.5 Å². The van der Waals surface area contributed by atoms with Crippen molar-refractivity contribution in [3.63, 3.8) is 0 Å². The average molecular weight is 256 g/mol. The lowest BCUT2D eigenvalue weighted by Crippen LogP contribution is -2.09. The second-order valence-electron chi connectivity index (χ2n) is 4.42. The summed E-state index contributed by atoms with van der Waals surface area (Å²) in [5.41, 5.74) is 0. The molecule has 0 atom stereocenters. The molecule has 0 unspecified atom stereocenters. The fraction of sp³-hybridized carbons (Fsp3) is 0.667. The van der Waals surface area contributed by atoms with E-state index in [-0.39, 0.29) is 0 Å². The Morgan fingerprint density at radius 3 is 2.94 bits per heavy atom. The van der Waals surface area contributed by atoms with Gasteiger partial charge in [0.05, 0.1) is 13.3 Å². The summed E-state index contributed by atoms with van der Waals surface area (Å²) in [7, 11) is 1.55. The Morgan fingerprint density at radius 2 is 2.24 bits per heavy atom. The van der Waals surface area contributed by atoms with Crippen molar-refractivity contribution in [1.82, 2.24) is 9.97 Å². The van der Waals surface area contributed by atoms with Crippen molar-refractivity contribution >= 4 is 17.4 Å². The van der Waals surface area contributed by atoms with Crippen LogP contribution in [0.2, 0.25) is 5.02 Å². The Bertz CT molecular complexity index is 367. The summed E-state index contributed by atoms with van der Waals surface area (Å²) in [6.07, 6.45) is 8.23. The Kier molecular flexibility index (Phi) is 4.42. The van der Waals surface area contributed by atoms with Gasteiger partial charge in [0, 0.05) is 6.54 Å². The first-order chi connectivity index (χ1) is 8.29. The molecule has 0 saturated heterocycles. The highest BCUT2D eigenvalue weighted by atomic mass is 35.5. The van der Waals surface area contributed by atoms with E-state index in [1.54, 1.807) is 13.3 Å². The standard InChI is InChI=1S/C12H18ClN3O/c1-17-12-15-8-10(13)11(16-12)14-7-6-9-4-2-3-5-9/h8-9H,2-7H2,1H3,(H,14,15,16). The number of hydrogen-bond acceptors (Lipinski definition) is 4. The Hall–Kier alpha value is -1.03. The minimum absolute atomic E-state index is 0.345. The quantitative estimate of drug-likeness (QED) is 0.878. The van der Waals surface area contributed by atoms with Gasteiger partial charge in [0.2, 0.25) is 0 Å². The molecule has 0 amide bonds. The lowest BCUT2D eigenvalue weighted by atomic mass is 10.0. The third-order valence-corrected chi connectivity index (χ3v) is 3.50. The Labute approximate surface area is 107 Å². The van der Waals surface area contributed by atoms with Crippen molar-refractivity contribution in [3.05, 3.63) is 11.2 Å². The highest BCUT2D eigenvalue weighted by Gasteiger charge is 2.14. The smallest absolute Gasteiger partial charge is 0.318 e. The van der Waals surface area contributed by atoms with Crippen LogP contribution in [0.1, 0.15) is 32.1 Å². The van der Waals surface area contributed by atoms with Crippen molar-refractivity contribution in [2.75, 3.05) is 19.0 Å². The fourth-order valence-electron chi connectivity index (χ4n) is 2.27. The molecule has 2 rings (SSSR count). The molecular weight excluding hydrogens is 238 g/mol. The number of hydrogen-bond donors (Lipinski definition) is 1. The minimum Gasteiger partial charge on any atom is -0.467 e. The van der Waals surface area contributed by atoms with Crippen LogP contribution in [0.3, 0.4) is 0 Å². The number of halogens is 1. The molecule has 94 valence electrons. The van der Waals surface area contributed by atoms with Gasteiger partial charge in [-0.05, 0) is 12.3 Å². The predicted molar refractivity (Wildman–Crippen MR) is 68.7 cm³/mol. The van der Waals surface area contributed by atoms with E-state index in [1.807, 2.05) is 0 Å². The van der Waals surface area contributed by atoms with Crippen LogP contribution in [0.15, 0.2) is 6.20 Å². The molecule has 0 aromatic carbocycles. The van der Waals surface area contributed by atoms with Crippen LogP contribution in [0.25, 0.3) is 0 Å². The number of anilines is 1. The van der Waals surface area contributed by atoms with Crippen molar-refractivity contribution in [2.24, 2.45) is 5.92 Å². The average Bonchev–Trinajstić information content (AvgIpc) is 2.84. The summed E-state index contributed by atoms with van der Waals surface area (Å²) in [6, 6.07) is 0.345. The maximum absolute atomic E-state index is 6.01. The molecule has 1 aliphatic rings. The van der Waals surface area contributed by atoms with Gasteiger partial charge in [0.15, 0.2) is 5.82 Å². The molecule has 1 aromatic rings. The van der Waals surface area contributed by atoms with Crippen molar-refractivity contribution < 1.29 is 4.74 Å². The Balaban J connectivity index is 1.84. The molecule has 5 heteroatoms. The third-order valence-electron chi connectivity index (χ3n) is 3.22. The third kappa shape index (κ3) is 3.46. The van der Waals surface area contributed by atoms with E-state index < -0.39 is 0 Å². The molecule has 1 heterocycles. The van der Waals surface area contributed by atoms with Gasteiger partial charge in [-0.1, -0.05) is 37.3 Å². The van der Waals surface area contributed by atoms with Crippen LogP contribution in [0.5, 0.6) is 6.01 Å². The zero-order valence-corrected chi connectivity index (χ0v) is 10.8. The molecular formula is C12H18ClN3O. The summed E-state index contributed by atoms with van der Waals surface area (Å²) in [4.78, 5) is 8.12. The zero-order chi connectivity index (χ0) is 12.1. The largest absolute Gasteiger partial charge is 0.467 e. The number of nitrogens with zero attached hydrogens (tertiary/aromatic N) is 2. The number of methoxy groups -OCH3 is 1. The van der Waals surface area contributed by atoms with E-state index in [0.29, 0.717) is 16.9 Å². The van der Waals surface area contributed by atoms with Crippen LogP contribution >= 0.6 is 11.6 Å². The number of nitrogens with one attached hydrogen (secondary N) is 1. The summed E-state index contributed by atoms with van der Waals surface area (Å²) < 4.78 is 4.97. The van der Waals surface area contributed by atoms with Gasteiger partial charge in [-0.2, -0.15) is 4.98 Å². The molecule has 1 N–H and O–H groups in total. The van der Waals surface area contributed by atoms with Crippen LogP contribution in [-0.4, -0.2) is 23.6 Å². The maximum atomic E-state index is 6.01. The van der Waals surface area contributed by atoms with Gasteiger partial charge in [-0.15, -0.1) is 0 Å². The Morgan fingerprint density at radius 1 is 1.47 bits per heavy atom. The van der Waals surface area contributed by atoms with Gasteiger partial charge < -0.3 is 10.1 Å². The van der Waals surface area contributed by atoms with Crippen molar-refractivity contribution in [1.29, 1.82) is 0 Å². The molecule has 1 saturated carbocycles. The normalized spacial score (nSPS) is 16.1. The number of rotatable bonds is 5. The SMILES string of the molecule is COc1ncc(Cl)c(NCCC2CCCC2)n1. The van der Waals surface area contributed by atoms with E-state index in [2.05, 4.69) is 15.3 Å². The number of ether oxygens (including phenoxy) is 1. The van der Waals surface area contributed by atoms with Crippen LogP contribution in [-0.2, 0) is 0 Å². The molecule has 17 heavy (non-hydrogen) atoms. The summed E-state index contributed by atoms with van der Waals surface area (Å²) in [6.45, 7) is 0.907. The molecule has 1 aliphatic carbocycles. The maximum Gasteiger partial charge on any atom is 0.318 e. The first-order valence-corrected chi connectivity index (χ1v) is 6.48. The van der Waals surface area contributed by atoms with E-state index >= 15 is 0 Å². The topological polar surface area (TPSA) is 47.0 Å². The van der Waals surface area contributed by atoms with E-state index in [1.165, 1.54) is 32.1 Å². The van der Waals surface area contributed by atoms with Crippen molar-refractivity contribution in [2.45, 2.75) is 32.1 Å².